The molecule has 9 nitrogen and oxygen atoms in total. The molecule has 10 heteroatoms. The highest BCUT2D eigenvalue weighted by atomic mass is 32.2. The maximum Gasteiger partial charge on any atom is 0.274 e. The summed E-state index contributed by atoms with van der Waals surface area (Å²) in [5.41, 5.74) is 1.19. The predicted octanol–water partition coefficient (Wildman–Crippen LogP) is 3.02. The minimum Gasteiger partial charge on any atom is -0.494 e. The van der Waals surface area contributed by atoms with E-state index in [1.165, 1.54) is 5.56 Å². The lowest BCUT2D eigenvalue weighted by molar-refractivity contribution is -0.404. The molecule has 0 aliphatic carbocycles. The third kappa shape index (κ3) is 11.7. The van der Waals surface area contributed by atoms with Gasteiger partial charge >= 0.3 is 0 Å². The summed E-state index contributed by atoms with van der Waals surface area (Å²) in [5, 5.41) is 20.2. The second kappa shape index (κ2) is 15.2. The summed E-state index contributed by atoms with van der Waals surface area (Å²) in [5.74, 6) is 4.64. The van der Waals surface area contributed by atoms with Crippen molar-refractivity contribution < 1.29 is 14.1 Å². The van der Waals surface area contributed by atoms with Crippen molar-refractivity contribution in [3.63, 3.8) is 0 Å². The Hall–Kier alpha value is -2.69. The third-order valence-electron chi connectivity index (χ3n) is 4.41. The minimum absolute atomic E-state index is 0.405. The second-order valence-corrected chi connectivity index (χ2v) is 8.82. The van der Waals surface area contributed by atoms with E-state index >= 15 is 0 Å². The van der Waals surface area contributed by atoms with Crippen LogP contribution in [0, 0.1) is 10.1 Å². The van der Waals surface area contributed by atoms with Gasteiger partial charge in [0.25, 0.3) is 6.20 Å². The molecule has 2 rings (SSSR count). The topological polar surface area (TPSA) is 105 Å². The molecule has 0 saturated carbocycles. The van der Waals surface area contributed by atoms with Crippen LogP contribution in [0.4, 0.5) is 0 Å². The van der Waals surface area contributed by atoms with Crippen molar-refractivity contribution in [2.45, 2.75) is 25.3 Å². The van der Waals surface area contributed by atoms with Gasteiger partial charge in [-0.1, -0.05) is 12.1 Å². The number of hydrogen-bond acceptors (Lipinski definition) is 9. The summed E-state index contributed by atoms with van der Waals surface area (Å²) in [6.45, 7) is 3.27. The number of furan rings is 1. The Balaban J connectivity index is 1.64. The molecule has 0 atom stereocenters. The fourth-order valence-corrected chi connectivity index (χ4v) is 3.79. The first-order valence-corrected chi connectivity index (χ1v) is 12.1. The zero-order chi connectivity index (χ0) is 23.9. The highest BCUT2D eigenvalue weighted by Crippen LogP contribution is 2.16. The molecule has 33 heavy (non-hydrogen) atoms. The molecule has 0 radical (unpaired) electrons. The quantitative estimate of drug-likeness (QED) is 0.180. The number of hydrogen-bond donors (Lipinski definition) is 3. The Morgan fingerprint density at radius 3 is 2.76 bits per heavy atom. The van der Waals surface area contributed by atoms with E-state index in [4.69, 9.17) is 9.15 Å². The van der Waals surface area contributed by atoms with E-state index in [2.05, 4.69) is 26.9 Å². The summed E-state index contributed by atoms with van der Waals surface area (Å²) in [7, 11) is 5.94. The van der Waals surface area contributed by atoms with E-state index in [9.17, 15) is 10.1 Å². The molecular formula is C23H35N5O4S. The Morgan fingerprint density at radius 2 is 2.00 bits per heavy atom. The highest BCUT2D eigenvalue weighted by molar-refractivity contribution is 7.98. The van der Waals surface area contributed by atoms with E-state index in [-0.39, 0.29) is 0 Å². The van der Waals surface area contributed by atoms with E-state index < -0.39 is 4.92 Å². The molecule has 0 fully saturated rings. The number of ether oxygens (including phenoxy) is 1. The number of benzene rings is 1. The van der Waals surface area contributed by atoms with Crippen molar-refractivity contribution in [3.05, 3.63) is 75.6 Å². The Labute approximate surface area is 200 Å². The van der Waals surface area contributed by atoms with Gasteiger partial charge in [-0.05, 0) is 57.4 Å². The van der Waals surface area contributed by atoms with Gasteiger partial charge < -0.3 is 30.0 Å². The highest BCUT2D eigenvalue weighted by Gasteiger charge is 2.05. The van der Waals surface area contributed by atoms with Crippen LogP contribution in [0.1, 0.15) is 23.5 Å². The zero-order valence-electron chi connectivity index (χ0n) is 19.6. The molecule has 0 spiro atoms. The van der Waals surface area contributed by atoms with Gasteiger partial charge in [-0.2, -0.15) is 11.8 Å². The molecule has 0 aliphatic heterocycles. The van der Waals surface area contributed by atoms with Crippen molar-refractivity contribution in [3.8, 4) is 5.75 Å². The van der Waals surface area contributed by atoms with Gasteiger partial charge in [0, 0.05) is 25.4 Å². The molecule has 0 saturated heterocycles. The van der Waals surface area contributed by atoms with E-state index in [1.54, 1.807) is 11.8 Å². The monoisotopic (exact) mass is 477 g/mol. The Morgan fingerprint density at radius 1 is 1.21 bits per heavy atom. The average Bonchev–Trinajstić information content (AvgIpc) is 3.20. The Kier molecular flexibility index (Phi) is 12.2. The number of nitrogens with zero attached hydrogens (tertiary/aromatic N) is 2. The van der Waals surface area contributed by atoms with Crippen LogP contribution in [-0.4, -0.2) is 56.4 Å². The molecule has 1 heterocycles. The van der Waals surface area contributed by atoms with Gasteiger partial charge in [0.1, 0.15) is 17.3 Å². The smallest absolute Gasteiger partial charge is 0.274 e. The van der Waals surface area contributed by atoms with E-state index in [0.717, 1.165) is 47.9 Å². The molecule has 1 aromatic heterocycles. The normalized spacial score (nSPS) is 11.6. The minimum atomic E-state index is -0.457. The standard InChI is InChI=1S/C23H35N5O4S/c1-24-15-21-8-9-22(32-21)18-33-13-11-26-23(17-28(29)30)25-10-5-12-31-20-7-4-6-19(14-20)16-27(2)3/h4,6-9,14,17,24-26H,5,10-13,15-16,18H2,1-3H3. The predicted molar refractivity (Wildman–Crippen MR) is 133 cm³/mol. The summed E-state index contributed by atoms with van der Waals surface area (Å²) >= 11 is 1.71. The van der Waals surface area contributed by atoms with Gasteiger partial charge in [-0.25, -0.2) is 0 Å². The maximum absolute atomic E-state index is 10.9. The Bertz CT molecular complexity index is 872. The lowest BCUT2D eigenvalue weighted by Crippen LogP contribution is -2.30. The molecule has 2 aromatic rings. The van der Waals surface area contributed by atoms with Crippen molar-refractivity contribution >= 4 is 11.8 Å². The molecule has 0 aliphatic rings. The summed E-state index contributed by atoms with van der Waals surface area (Å²) in [4.78, 5) is 12.6. The average molecular weight is 478 g/mol. The molecule has 0 bridgehead atoms. The number of rotatable bonds is 17. The van der Waals surface area contributed by atoms with Crippen molar-refractivity contribution in [2.75, 3.05) is 46.6 Å². The van der Waals surface area contributed by atoms with Crippen LogP contribution in [0.3, 0.4) is 0 Å². The molecule has 0 unspecified atom stereocenters. The molecule has 0 amide bonds. The van der Waals surface area contributed by atoms with E-state index in [1.807, 2.05) is 51.5 Å². The summed E-state index contributed by atoms with van der Waals surface area (Å²) < 4.78 is 11.5. The van der Waals surface area contributed by atoms with Crippen LogP contribution < -0.4 is 20.7 Å². The van der Waals surface area contributed by atoms with Gasteiger partial charge in [-0.15, -0.1) is 0 Å². The van der Waals surface area contributed by atoms with Gasteiger partial charge in [-0.3, -0.25) is 10.1 Å². The van der Waals surface area contributed by atoms with Crippen molar-refractivity contribution in [1.29, 1.82) is 0 Å². The zero-order valence-corrected chi connectivity index (χ0v) is 20.5. The van der Waals surface area contributed by atoms with Crippen LogP contribution in [0.2, 0.25) is 0 Å². The molecular weight excluding hydrogens is 442 g/mol. The fourth-order valence-electron chi connectivity index (χ4n) is 3.04. The number of nitrogens with one attached hydrogen (secondary N) is 3. The van der Waals surface area contributed by atoms with Crippen LogP contribution in [0.15, 0.2) is 52.8 Å². The lowest BCUT2D eigenvalue weighted by Gasteiger charge is -2.13. The summed E-state index contributed by atoms with van der Waals surface area (Å²) in [6, 6.07) is 12.0. The van der Waals surface area contributed by atoms with E-state index in [0.29, 0.717) is 32.1 Å². The third-order valence-corrected chi connectivity index (χ3v) is 5.39. The van der Waals surface area contributed by atoms with Crippen molar-refractivity contribution in [2.24, 2.45) is 0 Å². The maximum atomic E-state index is 10.9. The van der Waals surface area contributed by atoms with Crippen LogP contribution in [-0.2, 0) is 18.8 Å². The van der Waals surface area contributed by atoms with Gasteiger partial charge in [0.05, 0.1) is 23.8 Å². The van der Waals surface area contributed by atoms with Gasteiger partial charge in [0.2, 0.25) is 0 Å². The molecule has 3 N–H and O–H groups in total. The fraction of sp³-hybridized carbons (Fsp3) is 0.478. The van der Waals surface area contributed by atoms with Crippen LogP contribution in [0.25, 0.3) is 0 Å². The first-order valence-electron chi connectivity index (χ1n) is 11.0. The largest absolute Gasteiger partial charge is 0.494 e. The van der Waals surface area contributed by atoms with Crippen LogP contribution >= 0.6 is 11.8 Å². The lowest BCUT2D eigenvalue weighted by atomic mass is 10.2. The molecule has 182 valence electrons. The summed E-state index contributed by atoms with van der Waals surface area (Å²) in [6.07, 6.45) is 1.68. The first-order chi connectivity index (χ1) is 16.0. The second-order valence-electron chi connectivity index (χ2n) is 7.72. The van der Waals surface area contributed by atoms with Crippen LogP contribution in [0.5, 0.6) is 5.75 Å². The van der Waals surface area contributed by atoms with Crippen molar-refractivity contribution in [1.82, 2.24) is 20.9 Å². The molecule has 1 aromatic carbocycles. The van der Waals surface area contributed by atoms with Gasteiger partial charge in [0.15, 0.2) is 5.82 Å². The number of thioether (sulfide) groups is 1. The first kappa shape index (κ1) is 26.6. The number of nitro groups is 1. The SMILES string of the molecule is CNCc1ccc(CSCCNC(=C[N+](=O)[O-])NCCCOc2cccc(CN(C)C)c2)o1.